The Kier molecular flexibility index (Phi) is 4.23. The van der Waals surface area contributed by atoms with E-state index in [-0.39, 0.29) is 24.2 Å². The maximum atomic E-state index is 13.5. The zero-order valence-corrected chi connectivity index (χ0v) is 14.2. The van der Waals surface area contributed by atoms with Crippen LogP contribution in [0.15, 0.2) is 24.3 Å². The molecule has 0 atom stereocenters. The Bertz CT molecular complexity index is 681. The highest BCUT2D eigenvalue weighted by Crippen LogP contribution is 2.36. The molecule has 1 aromatic carbocycles. The lowest BCUT2D eigenvalue weighted by Gasteiger charge is -2.47. The number of hydrogen-bond acceptors (Lipinski definition) is 3. The van der Waals surface area contributed by atoms with Gasteiger partial charge in [-0.1, -0.05) is 6.07 Å². The molecule has 134 valence electrons. The van der Waals surface area contributed by atoms with E-state index in [2.05, 4.69) is 0 Å². The van der Waals surface area contributed by atoms with Gasteiger partial charge < -0.3 is 14.5 Å². The molecule has 0 bridgehead atoms. The summed E-state index contributed by atoms with van der Waals surface area (Å²) in [7, 11) is 0. The summed E-state index contributed by atoms with van der Waals surface area (Å²) in [5.74, 6) is 0.330. The largest absolute Gasteiger partial charge is 0.363 e. The number of hydrogen-bond donors (Lipinski definition) is 0. The van der Waals surface area contributed by atoms with Crippen molar-refractivity contribution in [3.8, 4) is 0 Å². The fourth-order valence-electron chi connectivity index (χ4n) is 3.76. The third-order valence-corrected chi connectivity index (χ3v) is 5.56. The summed E-state index contributed by atoms with van der Waals surface area (Å²) in [6.45, 7) is 1.75. The van der Waals surface area contributed by atoms with Crippen molar-refractivity contribution in [2.24, 2.45) is 5.92 Å². The highest BCUT2D eigenvalue weighted by Gasteiger charge is 2.43. The first-order chi connectivity index (χ1) is 12.0. The Labute approximate surface area is 146 Å². The molecular formula is C19H23FN2O3. The Morgan fingerprint density at radius 2 is 2.04 bits per heavy atom. The van der Waals surface area contributed by atoms with Gasteiger partial charge in [-0.05, 0) is 49.8 Å². The van der Waals surface area contributed by atoms with Crippen molar-refractivity contribution in [1.29, 1.82) is 0 Å². The van der Waals surface area contributed by atoms with E-state index >= 15 is 0 Å². The summed E-state index contributed by atoms with van der Waals surface area (Å²) in [5.41, 5.74) is 0.135. The molecule has 0 radical (unpaired) electrons. The molecule has 1 spiro atoms. The summed E-state index contributed by atoms with van der Waals surface area (Å²) in [4.78, 5) is 28.1. The van der Waals surface area contributed by atoms with Crippen molar-refractivity contribution in [2.45, 2.75) is 37.7 Å². The molecule has 1 aliphatic carbocycles. The number of morpholine rings is 1. The first-order valence-electron chi connectivity index (χ1n) is 9.02. The van der Waals surface area contributed by atoms with Gasteiger partial charge in [0.25, 0.3) is 5.91 Å². The summed E-state index contributed by atoms with van der Waals surface area (Å²) in [5, 5.41) is 0. The third kappa shape index (κ3) is 3.54. The number of nitrogens with zero attached hydrogens (tertiary/aromatic N) is 2. The van der Waals surface area contributed by atoms with Crippen LogP contribution in [0.5, 0.6) is 0 Å². The number of anilines is 1. The molecule has 2 aliphatic heterocycles. The van der Waals surface area contributed by atoms with E-state index in [1.807, 2.05) is 4.90 Å². The molecule has 0 aromatic heterocycles. The van der Waals surface area contributed by atoms with Crippen LogP contribution in [0.2, 0.25) is 0 Å². The van der Waals surface area contributed by atoms with Crippen molar-refractivity contribution >= 4 is 17.5 Å². The van der Waals surface area contributed by atoms with Gasteiger partial charge in [0, 0.05) is 25.2 Å². The maximum absolute atomic E-state index is 13.5. The molecule has 6 heteroatoms. The average molecular weight is 346 g/mol. The Morgan fingerprint density at radius 1 is 1.28 bits per heavy atom. The Hall–Kier alpha value is -1.95. The molecule has 5 nitrogen and oxygen atoms in total. The standard InChI is InChI=1S/C19H23FN2O3/c20-15-2-1-3-16(11-15)22-13-19(25-12-18(22)24)6-8-21(9-7-19)17(23)10-14-4-5-14/h1-3,11,14H,4-10,12-13H2. The van der Waals surface area contributed by atoms with Gasteiger partial charge in [0.1, 0.15) is 12.4 Å². The fraction of sp³-hybridized carbons (Fsp3) is 0.579. The molecule has 3 fully saturated rings. The molecule has 1 saturated carbocycles. The summed E-state index contributed by atoms with van der Waals surface area (Å²) in [6, 6.07) is 6.10. The van der Waals surface area contributed by atoms with E-state index in [1.54, 1.807) is 17.0 Å². The lowest BCUT2D eigenvalue weighted by atomic mass is 9.88. The van der Waals surface area contributed by atoms with Crippen molar-refractivity contribution in [3.63, 3.8) is 0 Å². The van der Waals surface area contributed by atoms with Gasteiger partial charge in [0.15, 0.2) is 0 Å². The van der Waals surface area contributed by atoms with Crippen molar-refractivity contribution in [2.75, 3.05) is 31.1 Å². The highest BCUT2D eigenvalue weighted by atomic mass is 19.1. The molecule has 3 aliphatic rings. The number of carbonyl (C=O) groups excluding carboxylic acids is 2. The first kappa shape index (κ1) is 16.5. The molecule has 0 N–H and O–H groups in total. The minimum Gasteiger partial charge on any atom is -0.363 e. The van der Waals surface area contributed by atoms with E-state index in [0.29, 0.717) is 50.5 Å². The van der Waals surface area contributed by atoms with Gasteiger partial charge in [-0.25, -0.2) is 4.39 Å². The van der Waals surface area contributed by atoms with Gasteiger partial charge in [-0.2, -0.15) is 0 Å². The zero-order valence-electron chi connectivity index (χ0n) is 14.2. The van der Waals surface area contributed by atoms with Crippen LogP contribution in [0.3, 0.4) is 0 Å². The molecular weight excluding hydrogens is 323 g/mol. The second-order valence-electron chi connectivity index (χ2n) is 7.46. The number of ether oxygens (including phenoxy) is 1. The summed E-state index contributed by atoms with van der Waals surface area (Å²) in [6.07, 6.45) is 4.45. The van der Waals surface area contributed by atoms with Gasteiger partial charge in [-0.3, -0.25) is 9.59 Å². The smallest absolute Gasteiger partial charge is 0.253 e. The topological polar surface area (TPSA) is 49.9 Å². The number of likely N-dealkylation sites (tertiary alicyclic amines) is 1. The van der Waals surface area contributed by atoms with Crippen LogP contribution in [0.25, 0.3) is 0 Å². The highest BCUT2D eigenvalue weighted by molar-refractivity contribution is 5.95. The molecule has 25 heavy (non-hydrogen) atoms. The van der Waals surface area contributed by atoms with E-state index in [9.17, 15) is 14.0 Å². The second kappa shape index (κ2) is 6.41. The SMILES string of the molecule is O=C(CC1CC1)N1CCC2(CC1)CN(c1cccc(F)c1)C(=O)CO2. The average Bonchev–Trinajstić information content (AvgIpc) is 3.42. The van der Waals surface area contributed by atoms with Crippen LogP contribution in [-0.4, -0.2) is 48.6 Å². The van der Waals surface area contributed by atoms with E-state index in [0.717, 1.165) is 0 Å². The number of piperidine rings is 1. The summed E-state index contributed by atoms with van der Waals surface area (Å²) >= 11 is 0. The predicted octanol–water partition coefficient (Wildman–Crippen LogP) is 2.35. The van der Waals surface area contributed by atoms with Gasteiger partial charge >= 0.3 is 0 Å². The van der Waals surface area contributed by atoms with Crippen molar-refractivity contribution in [1.82, 2.24) is 4.90 Å². The van der Waals surface area contributed by atoms with Crippen LogP contribution in [0.4, 0.5) is 10.1 Å². The van der Waals surface area contributed by atoms with Crippen molar-refractivity contribution in [3.05, 3.63) is 30.1 Å². The minimum atomic E-state index is -0.434. The number of carbonyl (C=O) groups is 2. The van der Waals surface area contributed by atoms with E-state index in [1.165, 1.54) is 25.0 Å². The minimum absolute atomic E-state index is 0.00648. The summed E-state index contributed by atoms with van der Waals surface area (Å²) < 4.78 is 19.4. The van der Waals surface area contributed by atoms with Crippen LogP contribution in [-0.2, 0) is 14.3 Å². The quantitative estimate of drug-likeness (QED) is 0.844. The van der Waals surface area contributed by atoms with Gasteiger partial charge in [-0.15, -0.1) is 0 Å². The molecule has 2 heterocycles. The molecule has 2 saturated heterocycles. The van der Waals surface area contributed by atoms with Crippen LogP contribution in [0, 0.1) is 11.7 Å². The van der Waals surface area contributed by atoms with Gasteiger partial charge in [0.2, 0.25) is 5.91 Å². The van der Waals surface area contributed by atoms with E-state index < -0.39 is 5.60 Å². The number of rotatable bonds is 3. The number of halogens is 1. The maximum Gasteiger partial charge on any atom is 0.253 e. The third-order valence-electron chi connectivity index (χ3n) is 5.56. The molecule has 0 unspecified atom stereocenters. The van der Waals surface area contributed by atoms with Crippen LogP contribution >= 0.6 is 0 Å². The predicted molar refractivity (Wildman–Crippen MR) is 90.6 cm³/mol. The van der Waals surface area contributed by atoms with Crippen LogP contribution < -0.4 is 4.90 Å². The molecule has 1 aromatic rings. The number of benzene rings is 1. The van der Waals surface area contributed by atoms with Gasteiger partial charge in [0.05, 0.1) is 12.1 Å². The lowest BCUT2D eigenvalue weighted by Crippen LogP contribution is -2.59. The second-order valence-corrected chi connectivity index (χ2v) is 7.46. The zero-order chi connectivity index (χ0) is 17.4. The fourth-order valence-corrected chi connectivity index (χ4v) is 3.76. The number of amides is 2. The Morgan fingerprint density at radius 3 is 2.72 bits per heavy atom. The van der Waals surface area contributed by atoms with Crippen molar-refractivity contribution < 1.29 is 18.7 Å². The first-order valence-corrected chi connectivity index (χ1v) is 9.02. The Balaban J connectivity index is 1.42. The molecule has 2 amide bonds. The van der Waals surface area contributed by atoms with E-state index in [4.69, 9.17) is 4.74 Å². The lowest BCUT2D eigenvalue weighted by molar-refractivity contribution is -0.150. The molecule has 4 rings (SSSR count). The normalized spacial score (nSPS) is 23.2. The van der Waals surface area contributed by atoms with Crippen LogP contribution in [0.1, 0.15) is 32.1 Å². The monoisotopic (exact) mass is 346 g/mol.